The average molecular weight is 265 g/mol. The molecule has 1 aliphatic rings. The molecule has 9 nitrogen and oxygen atoms in total. The van der Waals surface area contributed by atoms with E-state index in [1.807, 2.05) is 0 Å². The molecule has 0 aromatic carbocycles. The van der Waals surface area contributed by atoms with Gasteiger partial charge in [0.25, 0.3) is 0 Å². The van der Waals surface area contributed by atoms with Crippen LogP contribution in [0.25, 0.3) is 11.2 Å². The lowest BCUT2D eigenvalue weighted by Crippen LogP contribution is -2.46. The van der Waals surface area contributed by atoms with E-state index in [2.05, 4.69) is 15.0 Å². The van der Waals surface area contributed by atoms with Gasteiger partial charge >= 0.3 is 0 Å². The predicted octanol–water partition coefficient (Wildman–Crippen LogP) is -2.05. The summed E-state index contributed by atoms with van der Waals surface area (Å²) in [5, 5.41) is 9.20. The highest BCUT2D eigenvalue weighted by Gasteiger charge is 2.41. The quantitative estimate of drug-likeness (QED) is 0.484. The molecule has 1 aliphatic heterocycles. The zero-order valence-corrected chi connectivity index (χ0v) is 10.0. The lowest BCUT2D eigenvalue weighted by atomic mass is 10.1. The van der Waals surface area contributed by atoms with Crippen LogP contribution in [0.15, 0.2) is 12.7 Å². The van der Waals surface area contributed by atoms with E-state index in [1.165, 1.54) is 12.7 Å². The van der Waals surface area contributed by atoms with Crippen LogP contribution in [-0.2, 0) is 4.74 Å². The minimum atomic E-state index is -0.536. The lowest BCUT2D eigenvalue weighted by molar-refractivity contribution is -0.0261. The van der Waals surface area contributed by atoms with E-state index >= 15 is 0 Å². The van der Waals surface area contributed by atoms with Gasteiger partial charge in [-0.3, -0.25) is 4.57 Å². The van der Waals surface area contributed by atoms with Crippen molar-refractivity contribution in [2.75, 3.05) is 12.3 Å². The number of aromatic nitrogens is 4. The summed E-state index contributed by atoms with van der Waals surface area (Å²) in [4.78, 5) is 12.1. The summed E-state index contributed by atoms with van der Waals surface area (Å²) in [7, 11) is 0. The molecule has 3 heterocycles. The lowest BCUT2D eigenvalue weighted by Gasteiger charge is -2.17. The standard InChI is InChI=1S/C10H15N7O2/c11-5-4(1-18)19-10(6(5)12)17-3-16-7-8(13)14-2-15-9(7)17/h2-6,10,18H,1,11-12H2,(H2,13,14,15)/t4-,5-,6-,10+/m1/s1. The molecule has 19 heavy (non-hydrogen) atoms. The Labute approximate surface area is 108 Å². The number of rotatable bonds is 2. The number of imidazole rings is 1. The molecule has 0 aliphatic carbocycles. The van der Waals surface area contributed by atoms with Crippen LogP contribution in [-0.4, -0.2) is 49.4 Å². The SMILES string of the molecule is Nc1ncnc2c1ncn2[C@H]1O[C@H](CO)[C@@H](N)[C@H]1N. The Kier molecular flexibility index (Phi) is 2.82. The summed E-state index contributed by atoms with van der Waals surface area (Å²) >= 11 is 0. The van der Waals surface area contributed by atoms with Crippen LogP contribution in [0.5, 0.6) is 0 Å². The van der Waals surface area contributed by atoms with E-state index in [4.69, 9.17) is 21.9 Å². The van der Waals surface area contributed by atoms with Gasteiger partial charge in [-0.05, 0) is 0 Å². The van der Waals surface area contributed by atoms with Crippen molar-refractivity contribution in [2.24, 2.45) is 11.5 Å². The van der Waals surface area contributed by atoms with Gasteiger partial charge in [-0.1, -0.05) is 0 Å². The fourth-order valence-electron chi connectivity index (χ4n) is 2.27. The van der Waals surface area contributed by atoms with Crippen LogP contribution in [0, 0.1) is 0 Å². The van der Waals surface area contributed by atoms with Gasteiger partial charge in [-0.25, -0.2) is 15.0 Å². The fourth-order valence-corrected chi connectivity index (χ4v) is 2.27. The van der Waals surface area contributed by atoms with Gasteiger partial charge in [-0.15, -0.1) is 0 Å². The molecule has 0 radical (unpaired) electrons. The molecule has 0 saturated carbocycles. The van der Waals surface area contributed by atoms with Gasteiger partial charge in [0.15, 0.2) is 17.7 Å². The van der Waals surface area contributed by atoms with Gasteiger partial charge in [0.1, 0.15) is 11.8 Å². The first kappa shape index (κ1) is 12.2. The molecule has 9 heteroatoms. The van der Waals surface area contributed by atoms with Crippen molar-refractivity contribution in [3.63, 3.8) is 0 Å². The van der Waals surface area contributed by atoms with Crippen LogP contribution in [0.2, 0.25) is 0 Å². The first-order valence-electron chi connectivity index (χ1n) is 5.84. The highest BCUT2D eigenvalue weighted by atomic mass is 16.5. The molecular weight excluding hydrogens is 250 g/mol. The molecule has 0 amide bonds. The number of fused-ring (bicyclic) bond motifs is 1. The summed E-state index contributed by atoms with van der Waals surface area (Å²) in [6.45, 7) is -0.185. The Morgan fingerprint density at radius 2 is 2.05 bits per heavy atom. The summed E-state index contributed by atoms with van der Waals surface area (Å²) in [5.74, 6) is 0.290. The van der Waals surface area contributed by atoms with Crippen molar-refractivity contribution in [2.45, 2.75) is 24.4 Å². The van der Waals surface area contributed by atoms with Crippen LogP contribution < -0.4 is 17.2 Å². The third kappa shape index (κ3) is 1.75. The number of ether oxygens (including phenoxy) is 1. The second-order valence-corrected chi connectivity index (χ2v) is 4.49. The first-order valence-corrected chi connectivity index (χ1v) is 5.84. The van der Waals surface area contributed by atoms with E-state index in [0.717, 1.165) is 0 Å². The normalized spacial score (nSPS) is 31.1. The first-order chi connectivity index (χ1) is 9.13. The highest BCUT2D eigenvalue weighted by molar-refractivity contribution is 5.81. The maximum absolute atomic E-state index is 9.20. The molecule has 1 saturated heterocycles. The molecule has 4 atom stereocenters. The van der Waals surface area contributed by atoms with E-state index < -0.39 is 24.4 Å². The highest BCUT2D eigenvalue weighted by Crippen LogP contribution is 2.29. The number of nitrogens with two attached hydrogens (primary N) is 3. The number of nitrogens with zero attached hydrogens (tertiary/aromatic N) is 4. The molecule has 0 spiro atoms. The van der Waals surface area contributed by atoms with Gasteiger partial charge in [0.2, 0.25) is 0 Å². The maximum Gasteiger partial charge on any atom is 0.167 e. The van der Waals surface area contributed by atoms with Gasteiger partial charge in [0.05, 0.1) is 31.1 Å². The Hall–Kier alpha value is -1.81. The third-order valence-electron chi connectivity index (χ3n) is 3.36. The summed E-state index contributed by atoms with van der Waals surface area (Å²) in [6, 6.07) is -0.919. The van der Waals surface area contributed by atoms with Crippen molar-refractivity contribution in [1.82, 2.24) is 19.5 Å². The predicted molar refractivity (Wildman–Crippen MR) is 66.7 cm³/mol. The monoisotopic (exact) mass is 265 g/mol. The summed E-state index contributed by atoms with van der Waals surface area (Å²) in [6.07, 6.45) is 1.84. The van der Waals surface area contributed by atoms with E-state index in [1.54, 1.807) is 4.57 Å². The smallest absolute Gasteiger partial charge is 0.167 e. The molecule has 0 unspecified atom stereocenters. The summed E-state index contributed by atoms with van der Waals surface area (Å²) in [5.41, 5.74) is 18.7. The van der Waals surface area contributed by atoms with Crippen molar-refractivity contribution in [3.05, 3.63) is 12.7 Å². The Balaban J connectivity index is 2.04. The topological polar surface area (TPSA) is 151 Å². The number of hydrogen-bond acceptors (Lipinski definition) is 8. The molecule has 1 fully saturated rings. The minimum Gasteiger partial charge on any atom is -0.394 e. The van der Waals surface area contributed by atoms with Gasteiger partial charge in [-0.2, -0.15) is 0 Å². The van der Waals surface area contributed by atoms with Crippen LogP contribution in [0.1, 0.15) is 6.23 Å². The number of anilines is 1. The van der Waals surface area contributed by atoms with Crippen molar-refractivity contribution < 1.29 is 9.84 Å². The van der Waals surface area contributed by atoms with E-state index in [9.17, 15) is 5.11 Å². The zero-order chi connectivity index (χ0) is 13.6. The van der Waals surface area contributed by atoms with Gasteiger partial charge < -0.3 is 27.0 Å². The molecule has 2 aromatic rings. The second kappa shape index (κ2) is 4.38. The molecule has 3 rings (SSSR count). The van der Waals surface area contributed by atoms with Crippen molar-refractivity contribution >= 4 is 17.0 Å². The van der Waals surface area contributed by atoms with Crippen LogP contribution in [0.4, 0.5) is 5.82 Å². The largest absolute Gasteiger partial charge is 0.394 e. The van der Waals surface area contributed by atoms with Crippen LogP contribution >= 0.6 is 0 Å². The Bertz CT molecular complexity index is 601. The summed E-state index contributed by atoms with van der Waals surface area (Å²) < 4.78 is 7.31. The number of aliphatic hydroxyl groups excluding tert-OH is 1. The molecule has 0 bridgehead atoms. The molecule has 7 N–H and O–H groups in total. The number of aliphatic hydroxyl groups is 1. The zero-order valence-electron chi connectivity index (χ0n) is 10.0. The minimum absolute atomic E-state index is 0.185. The second-order valence-electron chi connectivity index (χ2n) is 4.49. The average Bonchev–Trinajstić information content (AvgIpc) is 2.94. The Morgan fingerprint density at radius 3 is 2.74 bits per heavy atom. The Morgan fingerprint density at radius 1 is 1.26 bits per heavy atom. The van der Waals surface area contributed by atoms with Crippen LogP contribution in [0.3, 0.4) is 0 Å². The van der Waals surface area contributed by atoms with Crippen molar-refractivity contribution in [1.29, 1.82) is 0 Å². The van der Waals surface area contributed by atoms with Crippen molar-refractivity contribution in [3.8, 4) is 0 Å². The third-order valence-corrected chi connectivity index (χ3v) is 3.36. The molecule has 2 aromatic heterocycles. The van der Waals surface area contributed by atoms with Gasteiger partial charge in [0, 0.05) is 0 Å². The van der Waals surface area contributed by atoms with E-state index in [-0.39, 0.29) is 6.61 Å². The maximum atomic E-state index is 9.20. The molecular formula is C10H15N7O2. The van der Waals surface area contributed by atoms with E-state index in [0.29, 0.717) is 17.0 Å². The molecule has 102 valence electrons. The fraction of sp³-hybridized carbons (Fsp3) is 0.500. The number of hydrogen-bond donors (Lipinski definition) is 4. The number of nitrogen functional groups attached to an aromatic ring is 1.